The monoisotopic (exact) mass is 285 g/mol. The lowest BCUT2D eigenvalue weighted by Gasteiger charge is -2.27. The molecule has 1 aliphatic heterocycles. The number of anilines is 1. The van der Waals surface area contributed by atoms with Crippen molar-refractivity contribution in [1.29, 1.82) is 0 Å². The molecule has 0 fully saturated rings. The molecule has 1 heterocycles. The van der Waals surface area contributed by atoms with E-state index in [2.05, 4.69) is 49.5 Å². The van der Waals surface area contributed by atoms with Crippen LogP contribution in [0.1, 0.15) is 42.4 Å². The molecule has 2 aromatic carbocycles. The molecule has 2 aromatic rings. The smallest absolute Gasteiger partial charge is 0.0406 e. The summed E-state index contributed by atoms with van der Waals surface area (Å²) >= 11 is 5.97. The van der Waals surface area contributed by atoms with E-state index in [0.717, 1.165) is 18.0 Å². The number of benzene rings is 2. The average Bonchev–Trinajstić information content (AvgIpc) is 2.47. The molecule has 20 heavy (non-hydrogen) atoms. The molecule has 0 saturated carbocycles. The molecule has 0 saturated heterocycles. The molecule has 0 spiro atoms. The summed E-state index contributed by atoms with van der Waals surface area (Å²) in [6.07, 6.45) is 1.10. The van der Waals surface area contributed by atoms with E-state index in [-0.39, 0.29) is 0 Å². The van der Waals surface area contributed by atoms with Crippen LogP contribution in [-0.2, 0) is 6.42 Å². The summed E-state index contributed by atoms with van der Waals surface area (Å²) in [7, 11) is 0. The Morgan fingerprint density at radius 3 is 2.55 bits per heavy atom. The Bertz CT molecular complexity index is 601. The number of fused-ring (bicyclic) bond motifs is 1. The summed E-state index contributed by atoms with van der Waals surface area (Å²) in [6.45, 7) is 5.49. The Balaban J connectivity index is 1.87. The molecular formula is C18H20ClN. The van der Waals surface area contributed by atoms with Crippen molar-refractivity contribution in [2.75, 3.05) is 11.9 Å². The largest absolute Gasteiger partial charge is 0.384 e. The third kappa shape index (κ3) is 2.69. The zero-order valence-electron chi connectivity index (χ0n) is 12.0. The lowest BCUT2D eigenvalue weighted by Crippen LogP contribution is -2.21. The summed E-state index contributed by atoms with van der Waals surface area (Å²) < 4.78 is 0. The quantitative estimate of drug-likeness (QED) is 0.798. The molecule has 2 heteroatoms. The van der Waals surface area contributed by atoms with Crippen LogP contribution in [0, 0.1) is 0 Å². The van der Waals surface area contributed by atoms with Crippen LogP contribution < -0.4 is 5.32 Å². The lowest BCUT2D eigenvalue weighted by molar-refractivity contribution is 0.692. The van der Waals surface area contributed by atoms with Gasteiger partial charge < -0.3 is 5.32 Å². The van der Waals surface area contributed by atoms with Crippen molar-refractivity contribution in [1.82, 2.24) is 0 Å². The second kappa shape index (κ2) is 5.49. The predicted octanol–water partition coefficient (Wildman–Crippen LogP) is 5.22. The van der Waals surface area contributed by atoms with Crippen molar-refractivity contribution in [3.63, 3.8) is 0 Å². The number of hydrogen-bond acceptors (Lipinski definition) is 1. The van der Waals surface area contributed by atoms with E-state index in [1.165, 1.54) is 22.4 Å². The normalized spacial score (nSPS) is 17.7. The van der Waals surface area contributed by atoms with E-state index in [4.69, 9.17) is 11.6 Å². The van der Waals surface area contributed by atoms with Crippen LogP contribution in [0.4, 0.5) is 5.69 Å². The van der Waals surface area contributed by atoms with E-state index in [1.807, 2.05) is 12.1 Å². The van der Waals surface area contributed by atoms with Crippen LogP contribution in [0.5, 0.6) is 0 Å². The van der Waals surface area contributed by atoms with Gasteiger partial charge in [0.25, 0.3) is 0 Å². The molecule has 1 N–H and O–H groups in total. The molecule has 104 valence electrons. The first kappa shape index (κ1) is 13.5. The summed E-state index contributed by atoms with van der Waals surface area (Å²) in [5.41, 5.74) is 5.51. The van der Waals surface area contributed by atoms with Crippen molar-refractivity contribution < 1.29 is 0 Å². The van der Waals surface area contributed by atoms with Gasteiger partial charge in [0.15, 0.2) is 0 Å². The number of halogens is 1. The van der Waals surface area contributed by atoms with E-state index in [1.54, 1.807) is 0 Å². The molecule has 1 aliphatic rings. The fourth-order valence-electron chi connectivity index (χ4n) is 2.86. The average molecular weight is 286 g/mol. The zero-order chi connectivity index (χ0) is 14.1. The van der Waals surface area contributed by atoms with Gasteiger partial charge in [0.2, 0.25) is 0 Å². The summed E-state index contributed by atoms with van der Waals surface area (Å²) in [5.74, 6) is 1.11. The minimum atomic E-state index is 0.530. The highest BCUT2D eigenvalue weighted by molar-refractivity contribution is 6.30. The fraction of sp³-hybridized carbons (Fsp3) is 0.333. The topological polar surface area (TPSA) is 12.0 Å². The van der Waals surface area contributed by atoms with Crippen LogP contribution in [-0.4, -0.2) is 6.54 Å². The van der Waals surface area contributed by atoms with Crippen LogP contribution in [0.15, 0.2) is 42.5 Å². The lowest BCUT2D eigenvalue weighted by atomic mass is 9.86. The highest BCUT2D eigenvalue weighted by atomic mass is 35.5. The highest BCUT2D eigenvalue weighted by Crippen LogP contribution is 2.32. The Labute approximate surface area is 126 Å². The molecule has 0 radical (unpaired) electrons. The van der Waals surface area contributed by atoms with Crippen molar-refractivity contribution in [2.45, 2.75) is 32.1 Å². The second-order valence-corrected chi connectivity index (χ2v) is 6.34. The SMILES string of the molecule is CC(C)c1ccc2c(c1)CC(c1ccc(Cl)cc1)CN2. The number of hydrogen-bond donors (Lipinski definition) is 1. The third-order valence-corrected chi connectivity index (χ3v) is 4.39. The van der Waals surface area contributed by atoms with Crippen LogP contribution >= 0.6 is 11.6 Å². The minimum Gasteiger partial charge on any atom is -0.384 e. The van der Waals surface area contributed by atoms with Crippen molar-refractivity contribution >= 4 is 17.3 Å². The predicted molar refractivity (Wildman–Crippen MR) is 86.9 cm³/mol. The number of rotatable bonds is 2. The van der Waals surface area contributed by atoms with Crippen LogP contribution in [0.2, 0.25) is 5.02 Å². The van der Waals surface area contributed by atoms with Crippen molar-refractivity contribution in [3.05, 3.63) is 64.2 Å². The summed E-state index contributed by atoms with van der Waals surface area (Å²) in [5, 5.41) is 4.36. The van der Waals surface area contributed by atoms with Gasteiger partial charge in [-0.25, -0.2) is 0 Å². The third-order valence-electron chi connectivity index (χ3n) is 4.14. The first-order valence-electron chi connectivity index (χ1n) is 7.25. The standard InChI is InChI=1S/C18H20ClN/c1-12(2)14-5-8-18-15(9-14)10-16(11-20-18)13-3-6-17(19)7-4-13/h3-9,12,16,20H,10-11H2,1-2H3. The van der Waals surface area contributed by atoms with Crippen LogP contribution in [0.3, 0.4) is 0 Å². The molecule has 1 nitrogen and oxygen atoms in total. The maximum absolute atomic E-state index is 5.97. The Hall–Kier alpha value is -1.47. The molecule has 0 aromatic heterocycles. The van der Waals surface area contributed by atoms with E-state index >= 15 is 0 Å². The van der Waals surface area contributed by atoms with Crippen molar-refractivity contribution in [2.24, 2.45) is 0 Å². The fourth-order valence-corrected chi connectivity index (χ4v) is 2.98. The maximum atomic E-state index is 5.97. The van der Waals surface area contributed by atoms with E-state index in [9.17, 15) is 0 Å². The van der Waals surface area contributed by atoms with E-state index < -0.39 is 0 Å². The van der Waals surface area contributed by atoms with Gasteiger partial charge in [-0.15, -0.1) is 0 Å². The molecule has 0 aliphatic carbocycles. The zero-order valence-corrected chi connectivity index (χ0v) is 12.7. The van der Waals surface area contributed by atoms with Crippen molar-refractivity contribution in [3.8, 4) is 0 Å². The van der Waals surface area contributed by atoms with Gasteiger partial charge in [-0.2, -0.15) is 0 Å². The molecule has 0 bridgehead atoms. The second-order valence-electron chi connectivity index (χ2n) is 5.90. The Kier molecular flexibility index (Phi) is 3.71. The van der Waals surface area contributed by atoms with Gasteiger partial charge in [-0.05, 0) is 47.2 Å². The maximum Gasteiger partial charge on any atom is 0.0406 e. The minimum absolute atomic E-state index is 0.530. The van der Waals surface area contributed by atoms with E-state index in [0.29, 0.717) is 11.8 Å². The molecule has 0 amide bonds. The van der Waals surface area contributed by atoms with Crippen LogP contribution in [0.25, 0.3) is 0 Å². The van der Waals surface area contributed by atoms with Gasteiger partial charge in [-0.3, -0.25) is 0 Å². The molecule has 1 unspecified atom stereocenters. The number of nitrogens with one attached hydrogen (secondary N) is 1. The summed E-state index contributed by atoms with van der Waals surface area (Å²) in [4.78, 5) is 0. The van der Waals surface area contributed by atoms with Gasteiger partial charge >= 0.3 is 0 Å². The molecule has 3 rings (SSSR count). The summed E-state index contributed by atoms with van der Waals surface area (Å²) in [6, 6.07) is 15.1. The molecular weight excluding hydrogens is 266 g/mol. The van der Waals surface area contributed by atoms with Gasteiger partial charge in [-0.1, -0.05) is 49.7 Å². The first-order chi connectivity index (χ1) is 9.63. The Morgan fingerprint density at radius 2 is 1.85 bits per heavy atom. The molecule has 1 atom stereocenters. The van der Waals surface area contributed by atoms with Gasteiger partial charge in [0.1, 0.15) is 0 Å². The first-order valence-corrected chi connectivity index (χ1v) is 7.63. The van der Waals surface area contributed by atoms with Gasteiger partial charge in [0.05, 0.1) is 0 Å². The van der Waals surface area contributed by atoms with Gasteiger partial charge in [0, 0.05) is 23.2 Å². The Morgan fingerprint density at radius 1 is 1.10 bits per heavy atom. The highest BCUT2D eigenvalue weighted by Gasteiger charge is 2.20.